The highest BCUT2D eigenvalue weighted by Crippen LogP contribution is 2.28. The zero-order valence-corrected chi connectivity index (χ0v) is 17.2. The van der Waals surface area contributed by atoms with Crippen LogP contribution in [0.15, 0.2) is 42.5 Å². The number of carbonyl (C=O) groups excluding carboxylic acids is 2. The van der Waals surface area contributed by atoms with Crippen LogP contribution in [0, 0.1) is 5.92 Å². The summed E-state index contributed by atoms with van der Waals surface area (Å²) in [6.45, 7) is 3.67. The molecule has 3 rings (SSSR count). The lowest BCUT2D eigenvalue weighted by atomic mass is 9.96. The molecule has 5 nitrogen and oxygen atoms in total. The normalized spacial score (nSPS) is 17.2. The number of nitrogens with zero attached hydrogens (tertiary/aromatic N) is 1. The number of rotatable bonds is 5. The average molecular weight is 420 g/mol. The van der Waals surface area contributed by atoms with Crippen molar-refractivity contribution in [1.29, 1.82) is 0 Å². The van der Waals surface area contributed by atoms with Crippen LogP contribution < -0.4 is 10.6 Å². The van der Waals surface area contributed by atoms with Crippen molar-refractivity contribution in [3.05, 3.63) is 58.1 Å². The molecular formula is C21H23Cl2N3O2. The first-order valence-corrected chi connectivity index (χ1v) is 10.0. The number of hydrogen-bond acceptors (Lipinski definition) is 3. The van der Waals surface area contributed by atoms with Crippen molar-refractivity contribution >= 4 is 46.4 Å². The van der Waals surface area contributed by atoms with Gasteiger partial charge < -0.3 is 10.6 Å². The minimum absolute atomic E-state index is 0.00207. The van der Waals surface area contributed by atoms with E-state index in [4.69, 9.17) is 23.2 Å². The van der Waals surface area contributed by atoms with Crippen LogP contribution in [-0.4, -0.2) is 29.8 Å². The summed E-state index contributed by atoms with van der Waals surface area (Å²) in [4.78, 5) is 26.0. The number of carbonyl (C=O) groups is 2. The maximum atomic E-state index is 12.7. The van der Waals surface area contributed by atoms with E-state index in [9.17, 15) is 9.59 Å². The average Bonchev–Trinajstić information content (AvgIpc) is 2.66. The molecule has 1 saturated heterocycles. The van der Waals surface area contributed by atoms with Gasteiger partial charge in [-0.2, -0.15) is 0 Å². The Morgan fingerprint density at radius 1 is 1.04 bits per heavy atom. The van der Waals surface area contributed by atoms with E-state index >= 15 is 0 Å². The minimum Gasteiger partial charge on any atom is -0.326 e. The van der Waals surface area contributed by atoms with Crippen LogP contribution in [0.3, 0.4) is 0 Å². The summed E-state index contributed by atoms with van der Waals surface area (Å²) in [5.41, 5.74) is 2.32. The van der Waals surface area contributed by atoms with Gasteiger partial charge >= 0.3 is 0 Å². The monoisotopic (exact) mass is 419 g/mol. The number of amides is 2. The molecule has 2 aromatic carbocycles. The summed E-state index contributed by atoms with van der Waals surface area (Å²) in [5.74, 6) is -0.218. The van der Waals surface area contributed by atoms with Gasteiger partial charge in [0.05, 0.1) is 5.92 Å². The summed E-state index contributed by atoms with van der Waals surface area (Å²) in [5, 5.41) is 6.98. The molecule has 148 valence electrons. The van der Waals surface area contributed by atoms with E-state index < -0.39 is 0 Å². The van der Waals surface area contributed by atoms with Crippen LogP contribution in [0.1, 0.15) is 25.3 Å². The first kappa shape index (κ1) is 20.6. The van der Waals surface area contributed by atoms with Crippen molar-refractivity contribution in [3.63, 3.8) is 0 Å². The molecule has 1 atom stereocenters. The SMILES string of the molecule is CC(=O)Nc1ccc(NC(=O)C2CCCN(Cc3c(Cl)cccc3Cl)C2)cc1. The van der Waals surface area contributed by atoms with Crippen LogP contribution in [0.2, 0.25) is 10.0 Å². The third-order valence-electron chi connectivity index (χ3n) is 4.79. The largest absolute Gasteiger partial charge is 0.326 e. The highest BCUT2D eigenvalue weighted by atomic mass is 35.5. The molecular weight excluding hydrogens is 397 g/mol. The second kappa shape index (κ2) is 9.41. The molecule has 2 amide bonds. The van der Waals surface area contributed by atoms with Crippen LogP contribution in [0.25, 0.3) is 0 Å². The molecule has 0 saturated carbocycles. The topological polar surface area (TPSA) is 61.4 Å². The van der Waals surface area contributed by atoms with Gasteiger partial charge in [0.25, 0.3) is 0 Å². The lowest BCUT2D eigenvalue weighted by Crippen LogP contribution is -2.40. The minimum atomic E-state index is -0.127. The standard InChI is InChI=1S/C21H23Cl2N3O2/c1-14(27)24-16-7-9-17(10-8-16)25-21(28)15-4-3-11-26(12-15)13-18-19(22)5-2-6-20(18)23/h2,5-10,15H,3-4,11-13H2,1H3,(H,24,27)(H,25,28). The summed E-state index contributed by atoms with van der Waals surface area (Å²) >= 11 is 12.6. The van der Waals surface area contributed by atoms with Crippen LogP contribution in [0.5, 0.6) is 0 Å². The molecule has 0 aromatic heterocycles. The zero-order chi connectivity index (χ0) is 20.1. The summed E-state index contributed by atoms with van der Waals surface area (Å²) < 4.78 is 0. The lowest BCUT2D eigenvalue weighted by molar-refractivity contribution is -0.121. The predicted molar refractivity (Wildman–Crippen MR) is 114 cm³/mol. The first-order chi connectivity index (χ1) is 13.4. The van der Waals surface area contributed by atoms with Gasteiger partial charge in [0.15, 0.2) is 0 Å². The summed E-state index contributed by atoms with van der Waals surface area (Å²) in [6, 6.07) is 12.6. The number of hydrogen-bond donors (Lipinski definition) is 2. The van der Waals surface area contributed by atoms with Crippen molar-refractivity contribution in [2.24, 2.45) is 5.92 Å². The maximum Gasteiger partial charge on any atom is 0.228 e. The third-order valence-corrected chi connectivity index (χ3v) is 5.50. The Kier molecular flexibility index (Phi) is 6.94. The number of nitrogens with one attached hydrogen (secondary N) is 2. The number of piperidine rings is 1. The van der Waals surface area contributed by atoms with Gasteiger partial charge in [-0.15, -0.1) is 0 Å². The van der Waals surface area contributed by atoms with Gasteiger partial charge in [-0.25, -0.2) is 0 Å². The maximum absolute atomic E-state index is 12.7. The zero-order valence-electron chi connectivity index (χ0n) is 15.7. The van der Waals surface area contributed by atoms with E-state index in [0.29, 0.717) is 34.5 Å². The van der Waals surface area contributed by atoms with E-state index in [0.717, 1.165) is 24.9 Å². The summed E-state index contributed by atoms with van der Waals surface area (Å²) in [6.07, 6.45) is 1.80. The fourth-order valence-electron chi connectivity index (χ4n) is 3.40. The molecule has 1 unspecified atom stereocenters. The van der Waals surface area contributed by atoms with E-state index in [2.05, 4.69) is 15.5 Å². The summed E-state index contributed by atoms with van der Waals surface area (Å²) in [7, 11) is 0. The second-order valence-corrected chi connectivity index (χ2v) is 7.84. The third kappa shape index (κ3) is 5.47. The molecule has 1 heterocycles. The van der Waals surface area contributed by atoms with Gasteiger partial charge in [0.1, 0.15) is 0 Å². The van der Waals surface area contributed by atoms with Crippen molar-refractivity contribution < 1.29 is 9.59 Å². The van der Waals surface area contributed by atoms with Crippen LogP contribution in [-0.2, 0) is 16.1 Å². The number of likely N-dealkylation sites (tertiary alicyclic amines) is 1. The van der Waals surface area contributed by atoms with Crippen LogP contribution >= 0.6 is 23.2 Å². The fourth-order valence-corrected chi connectivity index (χ4v) is 3.92. The van der Waals surface area contributed by atoms with Gasteiger partial charge in [-0.3, -0.25) is 14.5 Å². The molecule has 1 aliphatic rings. The van der Waals surface area contributed by atoms with E-state index in [1.54, 1.807) is 24.3 Å². The number of halogens is 2. The Hall–Kier alpha value is -2.08. The van der Waals surface area contributed by atoms with Crippen molar-refractivity contribution in [2.45, 2.75) is 26.3 Å². The molecule has 28 heavy (non-hydrogen) atoms. The van der Waals surface area contributed by atoms with E-state index in [1.165, 1.54) is 6.92 Å². The molecule has 1 fully saturated rings. The highest BCUT2D eigenvalue weighted by molar-refractivity contribution is 6.35. The highest BCUT2D eigenvalue weighted by Gasteiger charge is 2.26. The quantitative estimate of drug-likeness (QED) is 0.731. The lowest BCUT2D eigenvalue weighted by Gasteiger charge is -2.32. The Balaban J connectivity index is 1.59. The molecule has 2 N–H and O–H groups in total. The van der Waals surface area contributed by atoms with Gasteiger partial charge in [-0.05, 0) is 55.8 Å². The predicted octanol–water partition coefficient (Wildman–Crippen LogP) is 4.80. The molecule has 2 aromatic rings. The number of benzene rings is 2. The second-order valence-electron chi connectivity index (χ2n) is 7.02. The molecule has 0 radical (unpaired) electrons. The molecule has 0 bridgehead atoms. The number of anilines is 2. The molecule has 1 aliphatic heterocycles. The van der Waals surface area contributed by atoms with Gasteiger partial charge in [0.2, 0.25) is 11.8 Å². The van der Waals surface area contributed by atoms with Crippen LogP contribution in [0.4, 0.5) is 11.4 Å². The molecule has 0 aliphatic carbocycles. The Morgan fingerprint density at radius 3 is 2.25 bits per heavy atom. The Morgan fingerprint density at radius 2 is 1.64 bits per heavy atom. The molecule has 7 heteroatoms. The first-order valence-electron chi connectivity index (χ1n) is 9.26. The van der Waals surface area contributed by atoms with Gasteiger partial charge in [0, 0.05) is 47.0 Å². The van der Waals surface area contributed by atoms with Crippen molar-refractivity contribution in [1.82, 2.24) is 4.90 Å². The van der Waals surface area contributed by atoms with E-state index in [1.807, 2.05) is 18.2 Å². The smallest absolute Gasteiger partial charge is 0.228 e. The molecule has 0 spiro atoms. The van der Waals surface area contributed by atoms with Gasteiger partial charge in [-0.1, -0.05) is 29.3 Å². The van der Waals surface area contributed by atoms with Crippen molar-refractivity contribution in [3.8, 4) is 0 Å². The fraction of sp³-hybridized carbons (Fsp3) is 0.333. The van der Waals surface area contributed by atoms with E-state index in [-0.39, 0.29) is 17.7 Å². The Bertz CT molecular complexity index is 835. The van der Waals surface area contributed by atoms with Crippen molar-refractivity contribution in [2.75, 3.05) is 23.7 Å². The Labute approximate surface area is 175 Å².